The quantitative estimate of drug-likeness (QED) is 0.793. The molecule has 0 bridgehead atoms. The van der Waals surface area contributed by atoms with Gasteiger partial charge in [-0.1, -0.05) is 59.2 Å². The van der Waals surface area contributed by atoms with E-state index >= 15 is 0 Å². The lowest BCUT2D eigenvalue weighted by Gasteiger charge is -2.20. The zero-order valence-electron chi connectivity index (χ0n) is 16.4. The van der Waals surface area contributed by atoms with Gasteiger partial charge in [0, 0.05) is 18.3 Å². The van der Waals surface area contributed by atoms with Gasteiger partial charge in [-0.15, -0.1) is 0 Å². The predicted octanol–water partition coefficient (Wildman–Crippen LogP) is 4.54. The SMILES string of the molecule is CCCCn1nc(C(=O)Nc2c(C(C)C)cccc2C(C)C)ccc1=O. The molecule has 140 valence electrons. The molecule has 1 aromatic heterocycles. The third-order valence-electron chi connectivity index (χ3n) is 4.43. The van der Waals surface area contributed by atoms with Gasteiger partial charge < -0.3 is 5.32 Å². The van der Waals surface area contributed by atoms with E-state index in [1.807, 2.05) is 18.2 Å². The zero-order chi connectivity index (χ0) is 19.3. The van der Waals surface area contributed by atoms with Crippen LogP contribution in [0.4, 0.5) is 5.69 Å². The van der Waals surface area contributed by atoms with Crippen molar-refractivity contribution in [1.29, 1.82) is 0 Å². The Balaban J connectivity index is 2.37. The highest BCUT2D eigenvalue weighted by molar-refractivity contribution is 6.03. The molecular formula is C21H29N3O2. The van der Waals surface area contributed by atoms with E-state index in [0.717, 1.165) is 29.7 Å². The number of nitrogens with one attached hydrogen (secondary N) is 1. The molecule has 5 heteroatoms. The summed E-state index contributed by atoms with van der Waals surface area (Å²) in [5, 5.41) is 7.29. The number of unbranched alkanes of at least 4 members (excludes halogenated alkanes) is 1. The fourth-order valence-electron chi connectivity index (χ4n) is 2.91. The van der Waals surface area contributed by atoms with Gasteiger partial charge in [-0.25, -0.2) is 4.68 Å². The Hall–Kier alpha value is -2.43. The van der Waals surface area contributed by atoms with Gasteiger partial charge in [0.2, 0.25) is 0 Å². The Morgan fingerprint density at radius 3 is 2.23 bits per heavy atom. The fourth-order valence-corrected chi connectivity index (χ4v) is 2.91. The molecular weight excluding hydrogens is 326 g/mol. The number of hydrogen-bond acceptors (Lipinski definition) is 3. The van der Waals surface area contributed by atoms with Crippen molar-refractivity contribution in [1.82, 2.24) is 9.78 Å². The predicted molar refractivity (Wildman–Crippen MR) is 106 cm³/mol. The van der Waals surface area contributed by atoms with Crippen molar-refractivity contribution >= 4 is 11.6 Å². The first kappa shape index (κ1) is 19.9. The topological polar surface area (TPSA) is 64.0 Å². The third-order valence-corrected chi connectivity index (χ3v) is 4.43. The summed E-state index contributed by atoms with van der Waals surface area (Å²) in [6, 6.07) is 9.02. The second kappa shape index (κ2) is 8.79. The normalized spacial score (nSPS) is 11.2. The highest BCUT2D eigenvalue weighted by Crippen LogP contribution is 2.32. The first-order chi connectivity index (χ1) is 12.3. The van der Waals surface area contributed by atoms with Gasteiger partial charge in [0.05, 0.1) is 0 Å². The van der Waals surface area contributed by atoms with Crippen LogP contribution in [0.25, 0.3) is 0 Å². The van der Waals surface area contributed by atoms with Crippen LogP contribution in [0.5, 0.6) is 0 Å². The van der Waals surface area contributed by atoms with E-state index in [2.05, 4.69) is 45.0 Å². The summed E-state index contributed by atoms with van der Waals surface area (Å²) in [4.78, 5) is 24.7. The van der Waals surface area contributed by atoms with Crippen LogP contribution in [-0.4, -0.2) is 15.7 Å². The van der Waals surface area contributed by atoms with Crippen molar-refractivity contribution < 1.29 is 4.79 Å². The molecule has 1 N–H and O–H groups in total. The molecule has 2 aromatic rings. The van der Waals surface area contributed by atoms with Crippen molar-refractivity contribution in [3.8, 4) is 0 Å². The van der Waals surface area contributed by atoms with Gasteiger partial charge in [-0.2, -0.15) is 5.10 Å². The van der Waals surface area contributed by atoms with Crippen LogP contribution in [0, 0.1) is 0 Å². The number of rotatable bonds is 7. The first-order valence-corrected chi connectivity index (χ1v) is 9.37. The second-order valence-electron chi connectivity index (χ2n) is 7.21. The Morgan fingerprint density at radius 1 is 1.08 bits per heavy atom. The highest BCUT2D eigenvalue weighted by Gasteiger charge is 2.18. The monoisotopic (exact) mass is 355 g/mol. The summed E-state index contributed by atoms with van der Waals surface area (Å²) in [5.41, 5.74) is 3.14. The number of hydrogen-bond donors (Lipinski definition) is 1. The summed E-state index contributed by atoms with van der Waals surface area (Å²) < 4.78 is 1.37. The molecule has 0 spiro atoms. The molecule has 0 aliphatic heterocycles. The van der Waals surface area contributed by atoms with E-state index in [0.29, 0.717) is 6.54 Å². The number of nitrogens with zero attached hydrogens (tertiary/aromatic N) is 2. The summed E-state index contributed by atoms with van der Waals surface area (Å²) in [6.07, 6.45) is 1.82. The van der Waals surface area contributed by atoms with Crippen LogP contribution in [0.1, 0.15) is 80.9 Å². The first-order valence-electron chi connectivity index (χ1n) is 9.37. The molecule has 0 unspecified atom stereocenters. The zero-order valence-corrected chi connectivity index (χ0v) is 16.4. The standard InChI is InChI=1S/C21H29N3O2/c1-6-7-13-24-19(25)12-11-18(23-24)21(26)22-20-16(14(2)3)9-8-10-17(20)15(4)5/h8-12,14-15H,6-7,13H2,1-5H3,(H,22,26). The number of para-hydroxylation sites is 1. The molecule has 2 rings (SSSR count). The molecule has 1 heterocycles. The van der Waals surface area contributed by atoms with E-state index < -0.39 is 0 Å². The average molecular weight is 355 g/mol. The molecule has 0 fully saturated rings. The van der Waals surface area contributed by atoms with Crippen molar-refractivity contribution in [2.75, 3.05) is 5.32 Å². The maximum absolute atomic E-state index is 12.8. The highest BCUT2D eigenvalue weighted by atomic mass is 16.2. The van der Waals surface area contributed by atoms with Crippen LogP contribution in [-0.2, 0) is 6.54 Å². The van der Waals surface area contributed by atoms with Crippen LogP contribution < -0.4 is 10.9 Å². The Morgan fingerprint density at radius 2 is 1.69 bits per heavy atom. The summed E-state index contributed by atoms with van der Waals surface area (Å²) >= 11 is 0. The van der Waals surface area contributed by atoms with Gasteiger partial charge in [0.15, 0.2) is 0 Å². The van der Waals surface area contributed by atoms with Crippen molar-refractivity contribution in [2.24, 2.45) is 0 Å². The lowest BCUT2D eigenvalue weighted by Crippen LogP contribution is -2.26. The molecule has 1 aromatic carbocycles. The lowest BCUT2D eigenvalue weighted by molar-refractivity contribution is 0.101. The van der Waals surface area contributed by atoms with Crippen LogP contribution >= 0.6 is 0 Å². The van der Waals surface area contributed by atoms with E-state index in [9.17, 15) is 9.59 Å². The number of amides is 1. The van der Waals surface area contributed by atoms with Crippen molar-refractivity contribution in [2.45, 2.75) is 65.8 Å². The number of carbonyl (C=O) groups is 1. The lowest BCUT2D eigenvalue weighted by atomic mass is 9.92. The third kappa shape index (κ3) is 4.59. The van der Waals surface area contributed by atoms with E-state index in [1.165, 1.54) is 16.8 Å². The Bertz CT molecular complexity index is 796. The van der Waals surface area contributed by atoms with Gasteiger partial charge in [-0.05, 0) is 35.4 Å². The molecule has 26 heavy (non-hydrogen) atoms. The minimum atomic E-state index is -0.287. The molecule has 0 aliphatic carbocycles. The van der Waals surface area contributed by atoms with Crippen molar-refractivity contribution in [3.05, 3.63) is 57.5 Å². The summed E-state index contributed by atoms with van der Waals surface area (Å²) in [6.45, 7) is 11.0. The van der Waals surface area contributed by atoms with E-state index in [1.54, 1.807) is 0 Å². The number of carbonyl (C=O) groups excluding carboxylic acids is 1. The van der Waals surface area contributed by atoms with Crippen molar-refractivity contribution in [3.63, 3.8) is 0 Å². The molecule has 0 saturated carbocycles. The fraction of sp³-hybridized carbons (Fsp3) is 0.476. The Kier molecular flexibility index (Phi) is 6.72. The van der Waals surface area contributed by atoms with Gasteiger partial charge in [-0.3, -0.25) is 9.59 Å². The minimum absolute atomic E-state index is 0.180. The molecule has 0 radical (unpaired) electrons. The second-order valence-corrected chi connectivity index (χ2v) is 7.21. The molecule has 0 aliphatic rings. The van der Waals surface area contributed by atoms with Gasteiger partial charge >= 0.3 is 0 Å². The van der Waals surface area contributed by atoms with Crippen LogP contribution in [0.3, 0.4) is 0 Å². The Labute approximate surface area is 155 Å². The maximum Gasteiger partial charge on any atom is 0.276 e. The smallest absolute Gasteiger partial charge is 0.276 e. The van der Waals surface area contributed by atoms with Gasteiger partial charge in [0.1, 0.15) is 5.69 Å². The number of benzene rings is 1. The van der Waals surface area contributed by atoms with E-state index in [-0.39, 0.29) is 29.0 Å². The van der Waals surface area contributed by atoms with Gasteiger partial charge in [0.25, 0.3) is 11.5 Å². The van der Waals surface area contributed by atoms with E-state index in [4.69, 9.17) is 0 Å². The minimum Gasteiger partial charge on any atom is -0.320 e. The molecule has 0 saturated heterocycles. The largest absolute Gasteiger partial charge is 0.320 e. The number of anilines is 1. The maximum atomic E-state index is 12.8. The molecule has 0 atom stereocenters. The molecule has 1 amide bonds. The number of aryl methyl sites for hydroxylation is 1. The average Bonchev–Trinajstić information content (AvgIpc) is 2.60. The number of aromatic nitrogens is 2. The summed E-state index contributed by atoms with van der Waals surface area (Å²) in [7, 11) is 0. The summed E-state index contributed by atoms with van der Waals surface area (Å²) in [5.74, 6) is 0.288. The van der Waals surface area contributed by atoms with Crippen LogP contribution in [0.2, 0.25) is 0 Å². The molecule has 5 nitrogen and oxygen atoms in total. The van der Waals surface area contributed by atoms with Crippen LogP contribution in [0.15, 0.2) is 35.1 Å².